The highest BCUT2D eigenvalue weighted by Gasteiger charge is 2.29. The Morgan fingerprint density at radius 2 is 2.25 bits per heavy atom. The topological polar surface area (TPSA) is 105 Å². The van der Waals surface area contributed by atoms with Crippen LogP contribution < -0.4 is 5.32 Å². The van der Waals surface area contributed by atoms with Crippen LogP contribution in [0, 0.1) is 28.4 Å². The Morgan fingerprint density at radius 3 is 2.75 bits per heavy atom. The Kier molecular flexibility index (Phi) is 4.78. The summed E-state index contributed by atoms with van der Waals surface area (Å²) in [7, 11) is 1.40. The summed E-state index contributed by atoms with van der Waals surface area (Å²) in [5.41, 5.74) is -0.909. The van der Waals surface area contributed by atoms with E-state index in [1.165, 1.54) is 26.2 Å². The minimum absolute atomic E-state index is 0.0190. The van der Waals surface area contributed by atoms with E-state index >= 15 is 0 Å². The average molecular weight is 277 g/mol. The van der Waals surface area contributed by atoms with Gasteiger partial charge in [0.15, 0.2) is 0 Å². The molecule has 0 aliphatic rings. The number of nitro benzene ring substituents is 1. The molecule has 20 heavy (non-hydrogen) atoms. The van der Waals surface area contributed by atoms with Gasteiger partial charge in [0.05, 0.1) is 17.6 Å². The summed E-state index contributed by atoms with van der Waals surface area (Å²) in [4.78, 5) is 22.5. The Balaban J connectivity index is 3.12. The Morgan fingerprint density at radius 1 is 1.60 bits per heavy atom. The summed E-state index contributed by atoms with van der Waals surface area (Å²) >= 11 is 0. The van der Waals surface area contributed by atoms with Crippen molar-refractivity contribution in [3.8, 4) is 6.07 Å². The van der Waals surface area contributed by atoms with Crippen LogP contribution >= 0.6 is 0 Å². The third kappa shape index (κ3) is 3.52. The van der Waals surface area contributed by atoms with Crippen molar-refractivity contribution in [2.24, 2.45) is 0 Å². The van der Waals surface area contributed by atoms with Crippen molar-refractivity contribution >= 4 is 11.6 Å². The van der Waals surface area contributed by atoms with E-state index in [4.69, 9.17) is 10.00 Å². The van der Waals surface area contributed by atoms with Crippen molar-refractivity contribution in [2.45, 2.75) is 19.4 Å². The zero-order chi connectivity index (χ0) is 15.3. The molecule has 0 heterocycles. The van der Waals surface area contributed by atoms with E-state index in [1.807, 2.05) is 6.07 Å². The second-order valence-corrected chi connectivity index (χ2v) is 4.61. The predicted octanol–water partition coefficient (Wildman–Crippen LogP) is 1.56. The zero-order valence-corrected chi connectivity index (χ0v) is 11.5. The van der Waals surface area contributed by atoms with Gasteiger partial charge >= 0.3 is 0 Å². The molecule has 1 atom stereocenters. The first-order chi connectivity index (χ1) is 9.33. The number of carbonyl (C=O) groups excluding carboxylic acids is 1. The van der Waals surface area contributed by atoms with Gasteiger partial charge in [0.25, 0.3) is 11.6 Å². The molecule has 1 rings (SSSR count). The lowest BCUT2D eigenvalue weighted by Crippen LogP contribution is -2.48. The number of aryl methyl sites for hydroxylation is 1. The smallest absolute Gasteiger partial charge is 0.282 e. The lowest BCUT2D eigenvalue weighted by Gasteiger charge is -2.22. The van der Waals surface area contributed by atoms with E-state index < -0.39 is 16.4 Å². The van der Waals surface area contributed by atoms with Crippen molar-refractivity contribution in [2.75, 3.05) is 13.7 Å². The molecule has 0 saturated carbocycles. The number of benzene rings is 1. The first kappa shape index (κ1) is 15.6. The quantitative estimate of drug-likeness (QED) is 0.649. The molecule has 0 spiro atoms. The van der Waals surface area contributed by atoms with Gasteiger partial charge in [0, 0.05) is 13.2 Å². The monoisotopic (exact) mass is 277 g/mol. The van der Waals surface area contributed by atoms with Crippen molar-refractivity contribution in [1.82, 2.24) is 5.32 Å². The predicted molar refractivity (Wildman–Crippen MR) is 71.2 cm³/mol. The minimum Gasteiger partial charge on any atom is -0.381 e. The van der Waals surface area contributed by atoms with Crippen molar-refractivity contribution in [1.29, 1.82) is 5.26 Å². The van der Waals surface area contributed by atoms with Crippen LogP contribution in [-0.4, -0.2) is 30.1 Å². The van der Waals surface area contributed by atoms with E-state index in [1.54, 1.807) is 13.0 Å². The summed E-state index contributed by atoms with van der Waals surface area (Å²) in [6.07, 6.45) is 0. The fourth-order valence-electron chi connectivity index (χ4n) is 1.69. The van der Waals surface area contributed by atoms with Crippen LogP contribution in [0.1, 0.15) is 22.8 Å². The second-order valence-electron chi connectivity index (χ2n) is 4.61. The number of ether oxygens (including phenoxy) is 1. The SMILES string of the molecule is COC[C@](C)(C#N)NC(=O)c1cc(C)ccc1[N+](=O)[O-]. The number of nitrogens with zero attached hydrogens (tertiary/aromatic N) is 2. The molecular weight excluding hydrogens is 262 g/mol. The largest absolute Gasteiger partial charge is 0.381 e. The van der Waals surface area contributed by atoms with Gasteiger partial charge in [-0.3, -0.25) is 14.9 Å². The van der Waals surface area contributed by atoms with E-state index in [0.717, 1.165) is 0 Å². The van der Waals surface area contributed by atoms with Crippen LogP contribution in [0.4, 0.5) is 5.69 Å². The highest BCUT2D eigenvalue weighted by molar-refractivity contribution is 5.99. The fraction of sp³-hybridized carbons (Fsp3) is 0.385. The summed E-state index contributed by atoms with van der Waals surface area (Å²) in [6.45, 7) is 3.18. The Bertz CT molecular complexity index is 579. The molecule has 0 aliphatic heterocycles. The van der Waals surface area contributed by atoms with Gasteiger partial charge in [-0.05, 0) is 25.5 Å². The number of amides is 1. The number of nitriles is 1. The highest BCUT2D eigenvalue weighted by Crippen LogP contribution is 2.20. The molecule has 7 nitrogen and oxygen atoms in total. The molecule has 0 radical (unpaired) electrons. The lowest BCUT2D eigenvalue weighted by atomic mass is 10.0. The standard InChI is InChI=1S/C13H15N3O4/c1-9-4-5-11(16(18)19)10(6-9)12(17)15-13(2,7-14)8-20-3/h4-6H,8H2,1-3H3,(H,15,17)/t13-/m0/s1. The number of rotatable bonds is 5. The molecule has 1 aromatic carbocycles. The van der Waals surface area contributed by atoms with Crippen molar-refractivity contribution in [3.63, 3.8) is 0 Å². The van der Waals surface area contributed by atoms with Gasteiger partial charge in [0.2, 0.25) is 0 Å². The Labute approximate surface area is 116 Å². The second kappa shape index (κ2) is 6.12. The maximum atomic E-state index is 12.1. The number of nitro groups is 1. The van der Waals surface area contributed by atoms with E-state index in [9.17, 15) is 14.9 Å². The normalized spacial score (nSPS) is 13.1. The maximum absolute atomic E-state index is 12.1. The third-order valence-corrected chi connectivity index (χ3v) is 2.66. The lowest BCUT2D eigenvalue weighted by molar-refractivity contribution is -0.385. The van der Waals surface area contributed by atoms with Crippen LogP contribution in [0.2, 0.25) is 0 Å². The van der Waals surface area contributed by atoms with Gasteiger partial charge in [-0.15, -0.1) is 0 Å². The first-order valence-electron chi connectivity index (χ1n) is 5.80. The van der Waals surface area contributed by atoms with E-state index in [0.29, 0.717) is 5.56 Å². The number of carbonyl (C=O) groups is 1. The number of hydrogen-bond donors (Lipinski definition) is 1. The van der Waals surface area contributed by atoms with E-state index in [2.05, 4.69) is 5.32 Å². The van der Waals surface area contributed by atoms with Crippen LogP contribution in [0.5, 0.6) is 0 Å². The molecule has 1 aromatic rings. The van der Waals surface area contributed by atoms with Gasteiger partial charge in [-0.2, -0.15) is 5.26 Å². The summed E-state index contributed by atoms with van der Waals surface area (Å²) in [5, 5.41) is 22.5. The highest BCUT2D eigenvalue weighted by atomic mass is 16.6. The van der Waals surface area contributed by atoms with Crippen LogP contribution in [0.3, 0.4) is 0 Å². The molecule has 7 heteroatoms. The van der Waals surface area contributed by atoms with Crippen molar-refractivity contribution in [3.05, 3.63) is 39.4 Å². The van der Waals surface area contributed by atoms with Gasteiger partial charge in [0.1, 0.15) is 11.1 Å². The molecule has 0 fully saturated rings. The average Bonchev–Trinajstić information content (AvgIpc) is 2.38. The van der Waals surface area contributed by atoms with E-state index in [-0.39, 0.29) is 17.9 Å². The molecule has 0 aromatic heterocycles. The summed E-state index contributed by atoms with van der Waals surface area (Å²) in [6, 6.07) is 6.15. The van der Waals surface area contributed by atoms with Gasteiger partial charge < -0.3 is 10.1 Å². The fourth-order valence-corrected chi connectivity index (χ4v) is 1.69. The molecular formula is C13H15N3O4. The molecule has 1 N–H and O–H groups in total. The number of nitrogens with one attached hydrogen (secondary N) is 1. The number of hydrogen-bond acceptors (Lipinski definition) is 5. The first-order valence-corrected chi connectivity index (χ1v) is 5.80. The van der Waals surface area contributed by atoms with Gasteiger partial charge in [-0.25, -0.2) is 0 Å². The van der Waals surface area contributed by atoms with Crippen LogP contribution in [0.25, 0.3) is 0 Å². The van der Waals surface area contributed by atoms with Crippen LogP contribution in [-0.2, 0) is 4.74 Å². The Hall–Kier alpha value is -2.46. The molecule has 0 bridgehead atoms. The third-order valence-electron chi connectivity index (χ3n) is 2.66. The summed E-state index contributed by atoms with van der Waals surface area (Å²) < 4.78 is 4.86. The van der Waals surface area contributed by atoms with Crippen LogP contribution in [0.15, 0.2) is 18.2 Å². The summed E-state index contributed by atoms with van der Waals surface area (Å²) in [5.74, 6) is -0.679. The maximum Gasteiger partial charge on any atom is 0.282 e. The number of methoxy groups -OCH3 is 1. The molecule has 0 aliphatic carbocycles. The molecule has 0 saturated heterocycles. The minimum atomic E-state index is -1.25. The zero-order valence-electron chi connectivity index (χ0n) is 11.5. The molecule has 1 amide bonds. The molecule has 0 unspecified atom stereocenters. The van der Waals surface area contributed by atoms with Crippen molar-refractivity contribution < 1.29 is 14.5 Å². The van der Waals surface area contributed by atoms with Gasteiger partial charge in [-0.1, -0.05) is 6.07 Å². The molecule has 106 valence electrons.